The summed E-state index contributed by atoms with van der Waals surface area (Å²) in [6.07, 6.45) is 0. The molecule has 0 unspecified atom stereocenters. The van der Waals surface area contributed by atoms with E-state index in [9.17, 15) is 4.79 Å². The van der Waals surface area contributed by atoms with Crippen LogP contribution in [0.5, 0.6) is 0 Å². The average Bonchev–Trinajstić information content (AvgIpc) is 3.17. The van der Waals surface area contributed by atoms with E-state index in [0.717, 1.165) is 11.1 Å². The summed E-state index contributed by atoms with van der Waals surface area (Å²) in [6.45, 7) is 2.33. The zero-order valence-corrected chi connectivity index (χ0v) is 17.4. The van der Waals surface area contributed by atoms with E-state index in [1.165, 1.54) is 0 Å². The van der Waals surface area contributed by atoms with Gasteiger partial charge in [-0.05, 0) is 36.8 Å². The van der Waals surface area contributed by atoms with Crippen LogP contribution < -0.4 is 5.32 Å². The van der Waals surface area contributed by atoms with E-state index < -0.39 is 5.97 Å². The minimum absolute atomic E-state index is 0.114. The summed E-state index contributed by atoms with van der Waals surface area (Å²) in [4.78, 5) is 20.8. The van der Waals surface area contributed by atoms with E-state index in [0.29, 0.717) is 33.5 Å². The molecule has 0 amide bonds. The number of benzene rings is 2. The molecule has 0 atom stereocenters. The SMILES string of the molecule is CCOC(=O)c1nc(NCc2cccc(Cl)c2)c2c(-c3ccc(Cl)cc3)noc2n1. The number of nitrogens with one attached hydrogen (secondary N) is 1. The molecule has 0 aliphatic heterocycles. The number of ether oxygens (including phenoxy) is 1. The number of anilines is 1. The molecule has 4 aromatic rings. The molecule has 0 aliphatic rings. The third-order valence-electron chi connectivity index (χ3n) is 4.26. The van der Waals surface area contributed by atoms with Gasteiger partial charge in [0.1, 0.15) is 16.9 Å². The van der Waals surface area contributed by atoms with Crippen molar-refractivity contribution in [2.45, 2.75) is 13.5 Å². The van der Waals surface area contributed by atoms with E-state index in [2.05, 4.69) is 20.4 Å². The second kappa shape index (κ2) is 8.69. The maximum absolute atomic E-state index is 12.2. The van der Waals surface area contributed by atoms with Crippen LogP contribution in [0.25, 0.3) is 22.4 Å². The Bertz CT molecular complexity index is 1210. The molecule has 2 aromatic carbocycles. The highest BCUT2D eigenvalue weighted by Crippen LogP contribution is 2.32. The Kier molecular flexibility index (Phi) is 5.83. The lowest BCUT2D eigenvalue weighted by molar-refractivity contribution is 0.0512. The maximum Gasteiger partial charge on any atom is 0.376 e. The molecular weight excluding hydrogens is 427 g/mol. The van der Waals surface area contributed by atoms with Gasteiger partial charge < -0.3 is 14.6 Å². The lowest BCUT2D eigenvalue weighted by Crippen LogP contribution is -2.12. The molecule has 7 nitrogen and oxygen atoms in total. The number of hydrogen-bond donors (Lipinski definition) is 1. The summed E-state index contributed by atoms with van der Waals surface area (Å²) in [6, 6.07) is 14.6. The minimum atomic E-state index is -0.644. The molecule has 0 saturated heterocycles. The third kappa shape index (κ3) is 4.22. The quantitative estimate of drug-likeness (QED) is 0.400. The zero-order chi connectivity index (χ0) is 21.1. The Labute approximate surface area is 182 Å². The van der Waals surface area contributed by atoms with Crippen LogP contribution in [0, 0.1) is 0 Å². The fourth-order valence-electron chi connectivity index (χ4n) is 2.91. The monoisotopic (exact) mass is 442 g/mol. The van der Waals surface area contributed by atoms with Gasteiger partial charge in [0.2, 0.25) is 5.82 Å². The highest BCUT2D eigenvalue weighted by molar-refractivity contribution is 6.30. The third-order valence-corrected chi connectivity index (χ3v) is 4.75. The predicted octanol–water partition coefficient (Wildman–Crippen LogP) is 5.38. The van der Waals surface area contributed by atoms with Crippen molar-refractivity contribution < 1.29 is 14.1 Å². The first-order chi connectivity index (χ1) is 14.5. The van der Waals surface area contributed by atoms with Gasteiger partial charge in [-0.25, -0.2) is 9.78 Å². The molecule has 0 radical (unpaired) electrons. The number of fused-ring (bicyclic) bond motifs is 1. The van der Waals surface area contributed by atoms with E-state index >= 15 is 0 Å². The summed E-state index contributed by atoms with van der Waals surface area (Å²) in [7, 11) is 0. The largest absolute Gasteiger partial charge is 0.460 e. The molecule has 2 aromatic heterocycles. The molecule has 1 N–H and O–H groups in total. The molecule has 152 valence electrons. The second-order valence-corrected chi connectivity index (χ2v) is 7.19. The summed E-state index contributed by atoms with van der Waals surface area (Å²) >= 11 is 12.1. The van der Waals surface area contributed by atoms with Crippen molar-refractivity contribution in [3.63, 3.8) is 0 Å². The number of rotatable bonds is 6. The Balaban J connectivity index is 1.79. The van der Waals surface area contributed by atoms with E-state index in [-0.39, 0.29) is 18.1 Å². The summed E-state index contributed by atoms with van der Waals surface area (Å²) in [5, 5.41) is 9.15. The Hall–Kier alpha value is -3.16. The van der Waals surface area contributed by atoms with Gasteiger partial charge in [-0.2, -0.15) is 4.98 Å². The number of halogens is 2. The van der Waals surface area contributed by atoms with Crippen LogP contribution in [0.1, 0.15) is 23.1 Å². The van der Waals surface area contributed by atoms with Crippen LogP contribution in [-0.4, -0.2) is 27.7 Å². The molecule has 0 bridgehead atoms. The van der Waals surface area contributed by atoms with Crippen molar-refractivity contribution in [3.05, 3.63) is 70.0 Å². The van der Waals surface area contributed by atoms with Gasteiger partial charge in [0.25, 0.3) is 5.71 Å². The first-order valence-electron chi connectivity index (χ1n) is 9.14. The highest BCUT2D eigenvalue weighted by Gasteiger charge is 2.22. The van der Waals surface area contributed by atoms with Crippen molar-refractivity contribution in [1.29, 1.82) is 0 Å². The van der Waals surface area contributed by atoms with Crippen LogP contribution in [0.2, 0.25) is 10.0 Å². The first kappa shape index (κ1) is 20.1. The van der Waals surface area contributed by atoms with Gasteiger partial charge in [0.05, 0.1) is 6.61 Å². The molecule has 9 heteroatoms. The van der Waals surface area contributed by atoms with Gasteiger partial charge in [0, 0.05) is 22.2 Å². The van der Waals surface area contributed by atoms with Crippen LogP contribution in [0.15, 0.2) is 53.1 Å². The van der Waals surface area contributed by atoms with Crippen molar-refractivity contribution in [2.24, 2.45) is 0 Å². The van der Waals surface area contributed by atoms with Crippen molar-refractivity contribution in [3.8, 4) is 11.3 Å². The second-order valence-electron chi connectivity index (χ2n) is 6.32. The topological polar surface area (TPSA) is 90.1 Å². The van der Waals surface area contributed by atoms with Gasteiger partial charge >= 0.3 is 5.97 Å². The normalized spacial score (nSPS) is 10.9. The smallest absolute Gasteiger partial charge is 0.376 e. The highest BCUT2D eigenvalue weighted by atomic mass is 35.5. The van der Waals surface area contributed by atoms with Crippen molar-refractivity contribution in [2.75, 3.05) is 11.9 Å². The standard InChI is InChI=1S/C21H16Cl2N4O3/c1-2-29-21(28)19-25-18(24-11-12-4-3-5-15(23)10-12)16-17(27-30-20(16)26-19)13-6-8-14(22)9-7-13/h3-10H,2,11H2,1H3,(H,24,25,26). The lowest BCUT2D eigenvalue weighted by Gasteiger charge is -2.09. The van der Waals surface area contributed by atoms with Gasteiger partial charge in [-0.1, -0.05) is 52.6 Å². The Morgan fingerprint density at radius 1 is 1.10 bits per heavy atom. The zero-order valence-electron chi connectivity index (χ0n) is 15.9. The lowest BCUT2D eigenvalue weighted by atomic mass is 10.1. The van der Waals surface area contributed by atoms with Gasteiger partial charge in [-0.3, -0.25) is 0 Å². The van der Waals surface area contributed by atoms with Crippen LogP contribution >= 0.6 is 23.2 Å². The predicted molar refractivity (Wildman–Crippen MR) is 115 cm³/mol. The van der Waals surface area contributed by atoms with Gasteiger partial charge in [-0.15, -0.1) is 0 Å². The summed E-state index contributed by atoms with van der Waals surface area (Å²) < 4.78 is 10.4. The number of aromatic nitrogens is 3. The maximum atomic E-state index is 12.2. The van der Waals surface area contributed by atoms with E-state index in [1.54, 1.807) is 25.1 Å². The van der Waals surface area contributed by atoms with Crippen molar-refractivity contribution >= 4 is 46.1 Å². The van der Waals surface area contributed by atoms with Crippen LogP contribution in [-0.2, 0) is 11.3 Å². The first-order valence-corrected chi connectivity index (χ1v) is 9.89. The van der Waals surface area contributed by atoms with E-state index in [4.69, 9.17) is 32.5 Å². The number of hydrogen-bond acceptors (Lipinski definition) is 7. The molecule has 2 heterocycles. The van der Waals surface area contributed by atoms with Gasteiger partial charge in [0.15, 0.2) is 0 Å². The molecule has 0 fully saturated rings. The van der Waals surface area contributed by atoms with Crippen molar-refractivity contribution in [1.82, 2.24) is 15.1 Å². The fraction of sp³-hybridized carbons (Fsp3) is 0.143. The van der Waals surface area contributed by atoms with E-state index in [1.807, 2.05) is 30.3 Å². The fourth-order valence-corrected chi connectivity index (χ4v) is 3.25. The Morgan fingerprint density at radius 2 is 1.90 bits per heavy atom. The molecule has 4 rings (SSSR count). The minimum Gasteiger partial charge on any atom is -0.460 e. The number of carbonyl (C=O) groups is 1. The summed E-state index contributed by atoms with van der Waals surface area (Å²) in [5.41, 5.74) is 2.42. The molecule has 30 heavy (non-hydrogen) atoms. The molecule has 0 saturated carbocycles. The number of carbonyl (C=O) groups excluding carboxylic acids is 1. The number of nitrogens with zero attached hydrogens (tertiary/aromatic N) is 3. The summed E-state index contributed by atoms with van der Waals surface area (Å²) in [5.74, 6) is -0.361. The molecule has 0 spiro atoms. The average molecular weight is 443 g/mol. The molecule has 0 aliphatic carbocycles. The van der Waals surface area contributed by atoms with Crippen LogP contribution in [0.4, 0.5) is 5.82 Å². The number of esters is 1. The van der Waals surface area contributed by atoms with Crippen LogP contribution in [0.3, 0.4) is 0 Å². The molecular formula is C21H16Cl2N4O3. The Morgan fingerprint density at radius 3 is 2.63 bits per heavy atom.